The molecule has 3 rings (SSSR count). The lowest BCUT2D eigenvalue weighted by atomic mass is 10.1. The summed E-state index contributed by atoms with van der Waals surface area (Å²) >= 11 is 1.15. The third-order valence-corrected chi connectivity index (χ3v) is 6.63. The molecule has 3 aromatic rings. The van der Waals surface area contributed by atoms with Crippen molar-refractivity contribution in [3.63, 3.8) is 0 Å². The molecule has 0 aliphatic rings. The summed E-state index contributed by atoms with van der Waals surface area (Å²) in [5, 5.41) is 15.9. The molecule has 8 nitrogen and oxygen atoms in total. The number of thiophene rings is 1. The molecule has 0 aliphatic carbocycles. The van der Waals surface area contributed by atoms with E-state index in [1.54, 1.807) is 12.3 Å². The Bertz CT molecular complexity index is 1060. The van der Waals surface area contributed by atoms with Crippen LogP contribution in [0.25, 0.3) is 0 Å². The number of halogens is 1. The molecular weight excluding hydrogens is 535 g/mol. The zero-order chi connectivity index (χ0) is 20.7. The van der Waals surface area contributed by atoms with Crippen LogP contribution >= 0.6 is 35.3 Å². The van der Waals surface area contributed by atoms with Crippen LogP contribution in [0.15, 0.2) is 64.1 Å². The summed E-state index contributed by atoms with van der Waals surface area (Å²) in [4.78, 5) is 5.53. The van der Waals surface area contributed by atoms with E-state index in [4.69, 9.17) is 5.14 Å². The first-order valence-corrected chi connectivity index (χ1v) is 11.5. The Morgan fingerprint density at radius 2 is 1.93 bits per heavy atom. The van der Waals surface area contributed by atoms with Crippen LogP contribution in [0.5, 0.6) is 0 Å². The molecule has 2 aromatic heterocycles. The SMILES string of the molecule is CCNC(=NCc1ccccc1Cn1cccn1)NCc1ccc(S(N)(=O)=O)s1.I. The molecule has 0 amide bonds. The van der Waals surface area contributed by atoms with Crippen LogP contribution in [-0.4, -0.2) is 30.7 Å². The van der Waals surface area contributed by atoms with Crippen molar-refractivity contribution in [2.24, 2.45) is 10.1 Å². The van der Waals surface area contributed by atoms with Gasteiger partial charge in [0.15, 0.2) is 5.96 Å². The molecule has 0 bridgehead atoms. The molecule has 0 saturated heterocycles. The average molecular weight is 560 g/mol. The van der Waals surface area contributed by atoms with Gasteiger partial charge in [-0.2, -0.15) is 5.10 Å². The normalized spacial score (nSPS) is 11.7. The van der Waals surface area contributed by atoms with Crippen molar-refractivity contribution in [1.29, 1.82) is 0 Å². The maximum absolute atomic E-state index is 11.4. The zero-order valence-electron chi connectivity index (χ0n) is 16.5. The van der Waals surface area contributed by atoms with E-state index in [1.165, 1.54) is 6.07 Å². The first kappa shape index (κ1) is 24.3. The number of guanidine groups is 1. The summed E-state index contributed by atoms with van der Waals surface area (Å²) in [6.07, 6.45) is 3.70. The maximum Gasteiger partial charge on any atom is 0.247 e. The summed E-state index contributed by atoms with van der Waals surface area (Å²) in [5.41, 5.74) is 2.28. The van der Waals surface area contributed by atoms with Crippen LogP contribution in [0.4, 0.5) is 0 Å². The van der Waals surface area contributed by atoms with Crippen molar-refractivity contribution in [2.45, 2.75) is 30.8 Å². The van der Waals surface area contributed by atoms with Crippen LogP contribution < -0.4 is 15.8 Å². The zero-order valence-corrected chi connectivity index (χ0v) is 20.4. The number of hydrogen-bond acceptors (Lipinski definition) is 5. The van der Waals surface area contributed by atoms with Gasteiger partial charge in [0.2, 0.25) is 10.0 Å². The van der Waals surface area contributed by atoms with Gasteiger partial charge < -0.3 is 10.6 Å². The van der Waals surface area contributed by atoms with Crippen molar-refractivity contribution in [1.82, 2.24) is 20.4 Å². The van der Waals surface area contributed by atoms with Crippen LogP contribution in [0.2, 0.25) is 0 Å². The van der Waals surface area contributed by atoms with Gasteiger partial charge in [-0.1, -0.05) is 24.3 Å². The van der Waals surface area contributed by atoms with Gasteiger partial charge >= 0.3 is 0 Å². The summed E-state index contributed by atoms with van der Waals surface area (Å²) in [6.45, 7) is 4.37. The van der Waals surface area contributed by atoms with E-state index in [2.05, 4.69) is 32.9 Å². The molecule has 2 heterocycles. The third kappa shape index (κ3) is 7.07. The molecule has 4 N–H and O–H groups in total. The maximum atomic E-state index is 11.4. The number of rotatable bonds is 8. The number of sulfonamides is 1. The van der Waals surface area contributed by atoms with Gasteiger partial charge in [-0.15, -0.1) is 35.3 Å². The van der Waals surface area contributed by atoms with Gasteiger partial charge in [0, 0.05) is 23.8 Å². The Morgan fingerprint density at radius 3 is 2.57 bits per heavy atom. The molecule has 11 heteroatoms. The number of nitrogens with one attached hydrogen (secondary N) is 2. The van der Waals surface area contributed by atoms with E-state index in [9.17, 15) is 8.42 Å². The number of hydrogen-bond donors (Lipinski definition) is 3. The highest BCUT2D eigenvalue weighted by Crippen LogP contribution is 2.20. The lowest BCUT2D eigenvalue weighted by Crippen LogP contribution is -2.36. The third-order valence-electron chi connectivity index (χ3n) is 4.11. The highest BCUT2D eigenvalue weighted by molar-refractivity contribution is 14.0. The Kier molecular flexibility index (Phi) is 9.27. The van der Waals surface area contributed by atoms with E-state index in [1.807, 2.05) is 36.0 Å². The van der Waals surface area contributed by atoms with Gasteiger partial charge in [-0.3, -0.25) is 4.68 Å². The van der Waals surface area contributed by atoms with Crippen molar-refractivity contribution < 1.29 is 8.42 Å². The second kappa shape index (κ2) is 11.4. The fourth-order valence-corrected chi connectivity index (χ4v) is 4.44. The molecule has 0 saturated carbocycles. The molecule has 30 heavy (non-hydrogen) atoms. The summed E-state index contributed by atoms with van der Waals surface area (Å²) in [5.74, 6) is 0.659. The molecule has 0 unspecified atom stereocenters. The topological polar surface area (TPSA) is 114 Å². The number of benzene rings is 1. The number of nitrogens with two attached hydrogens (primary N) is 1. The van der Waals surface area contributed by atoms with Crippen LogP contribution in [-0.2, 0) is 29.7 Å². The van der Waals surface area contributed by atoms with E-state index < -0.39 is 10.0 Å². The van der Waals surface area contributed by atoms with Crippen LogP contribution in [0.3, 0.4) is 0 Å². The Morgan fingerprint density at radius 1 is 1.17 bits per heavy atom. The van der Waals surface area contributed by atoms with Gasteiger partial charge in [-0.25, -0.2) is 18.5 Å². The predicted molar refractivity (Wildman–Crippen MR) is 131 cm³/mol. The minimum absolute atomic E-state index is 0. The Balaban J connectivity index is 0.00000320. The van der Waals surface area contributed by atoms with E-state index in [0.29, 0.717) is 32.1 Å². The second-order valence-corrected chi connectivity index (χ2v) is 9.24. The second-order valence-electron chi connectivity index (χ2n) is 6.29. The van der Waals surface area contributed by atoms with Crippen molar-refractivity contribution >= 4 is 51.3 Å². The van der Waals surface area contributed by atoms with Crippen molar-refractivity contribution in [2.75, 3.05) is 6.54 Å². The number of aromatic nitrogens is 2. The predicted octanol–water partition coefficient (Wildman–Crippen LogP) is 2.51. The quantitative estimate of drug-likeness (QED) is 0.223. The standard InChI is InChI=1S/C19H24N6O2S2.HI/c1-2-21-19(23-13-17-8-9-18(28-17)29(20,26)27)22-12-15-6-3-4-7-16(15)14-25-11-5-10-24-25;/h3-11H,2,12-14H2,1H3,(H2,20,26,27)(H2,21,22,23);1H. The highest BCUT2D eigenvalue weighted by Gasteiger charge is 2.11. The number of primary sulfonamides is 1. The Hall–Kier alpha value is -1.96. The monoisotopic (exact) mass is 560 g/mol. The molecule has 0 fully saturated rings. The molecular formula is C19H25IN6O2S2. The summed E-state index contributed by atoms with van der Waals surface area (Å²) < 4.78 is 24.9. The Labute approximate surface area is 197 Å². The average Bonchev–Trinajstić information content (AvgIpc) is 3.36. The lowest BCUT2D eigenvalue weighted by Gasteiger charge is -2.12. The van der Waals surface area contributed by atoms with Crippen LogP contribution in [0, 0.1) is 0 Å². The first-order chi connectivity index (χ1) is 14.0. The molecule has 1 aromatic carbocycles. The fourth-order valence-electron chi connectivity index (χ4n) is 2.72. The largest absolute Gasteiger partial charge is 0.357 e. The molecule has 0 atom stereocenters. The smallest absolute Gasteiger partial charge is 0.247 e. The van der Waals surface area contributed by atoms with Crippen LogP contribution in [0.1, 0.15) is 22.9 Å². The lowest BCUT2D eigenvalue weighted by molar-refractivity contribution is 0.600. The minimum atomic E-state index is -3.67. The number of aliphatic imine (C=N–C) groups is 1. The van der Waals surface area contributed by atoms with Gasteiger partial charge in [-0.05, 0) is 36.2 Å². The minimum Gasteiger partial charge on any atom is -0.357 e. The van der Waals surface area contributed by atoms with E-state index in [0.717, 1.165) is 27.3 Å². The first-order valence-electron chi connectivity index (χ1n) is 9.13. The summed E-state index contributed by atoms with van der Waals surface area (Å²) in [6, 6.07) is 13.3. The van der Waals surface area contributed by atoms with Crippen molar-refractivity contribution in [3.8, 4) is 0 Å². The summed E-state index contributed by atoms with van der Waals surface area (Å²) in [7, 11) is -3.67. The van der Waals surface area contributed by atoms with Gasteiger partial charge in [0.05, 0.1) is 19.6 Å². The van der Waals surface area contributed by atoms with Gasteiger partial charge in [0.1, 0.15) is 4.21 Å². The van der Waals surface area contributed by atoms with E-state index in [-0.39, 0.29) is 28.2 Å². The van der Waals surface area contributed by atoms with E-state index >= 15 is 0 Å². The van der Waals surface area contributed by atoms with Gasteiger partial charge in [0.25, 0.3) is 0 Å². The highest BCUT2D eigenvalue weighted by atomic mass is 127. The molecule has 0 radical (unpaired) electrons. The fraction of sp³-hybridized carbons (Fsp3) is 0.263. The number of nitrogens with zero attached hydrogens (tertiary/aromatic N) is 3. The molecule has 0 spiro atoms. The molecule has 162 valence electrons. The molecule has 0 aliphatic heterocycles. The van der Waals surface area contributed by atoms with Crippen molar-refractivity contribution in [3.05, 3.63) is 70.9 Å².